The van der Waals surface area contributed by atoms with Crippen molar-refractivity contribution in [3.8, 4) is 5.75 Å². The van der Waals surface area contributed by atoms with Crippen molar-refractivity contribution >= 4 is 17.7 Å². The largest absolute Gasteiger partial charge is 0.497 e. The van der Waals surface area contributed by atoms with Crippen molar-refractivity contribution < 1.29 is 23.9 Å². The van der Waals surface area contributed by atoms with Crippen LogP contribution in [0.25, 0.3) is 0 Å². The van der Waals surface area contributed by atoms with Gasteiger partial charge in [-0.05, 0) is 42.7 Å². The Bertz CT molecular complexity index is 998. The van der Waals surface area contributed by atoms with E-state index >= 15 is 0 Å². The fourth-order valence-corrected chi connectivity index (χ4v) is 4.65. The van der Waals surface area contributed by atoms with E-state index in [0.717, 1.165) is 30.8 Å². The Morgan fingerprint density at radius 1 is 0.971 bits per heavy atom. The lowest BCUT2D eigenvalue weighted by Crippen LogP contribution is -2.43. The number of methoxy groups -OCH3 is 1. The first kappa shape index (κ1) is 24.9. The summed E-state index contributed by atoms with van der Waals surface area (Å²) in [5.41, 5.74) is 2.08. The number of hydrogen-bond acceptors (Lipinski definition) is 6. The molecule has 1 N–H and O–H groups in total. The summed E-state index contributed by atoms with van der Waals surface area (Å²) in [6.45, 7) is 3.93. The Balaban J connectivity index is 1.21. The highest BCUT2D eigenvalue weighted by molar-refractivity contribution is 6.21. The molecule has 2 aromatic rings. The van der Waals surface area contributed by atoms with E-state index in [1.54, 1.807) is 31.4 Å². The second-order valence-electron chi connectivity index (χ2n) is 8.86. The lowest BCUT2D eigenvalue weighted by molar-refractivity contribution is -0.121. The number of carbonyl (C=O) groups excluding carboxylic acids is 3. The van der Waals surface area contributed by atoms with Crippen molar-refractivity contribution in [2.45, 2.75) is 31.7 Å². The Morgan fingerprint density at radius 2 is 1.63 bits per heavy atom. The predicted octanol–water partition coefficient (Wildman–Crippen LogP) is 3.04. The lowest BCUT2D eigenvalue weighted by atomic mass is 10.0. The van der Waals surface area contributed by atoms with Crippen molar-refractivity contribution in [3.05, 3.63) is 65.2 Å². The summed E-state index contributed by atoms with van der Waals surface area (Å²) in [5.74, 6) is 0.365. The van der Waals surface area contributed by atoms with Gasteiger partial charge in [0, 0.05) is 32.6 Å². The van der Waals surface area contributed by atoms with Gasteiger partial charge in [0.2, 0.25) is 5.91 Å². The zero-order valence-corrected chi connectivity index (χ0v) is 20.2. The molecule has 3 amide bonds. The molecule has 0 saturated carbocycles. The molecule has 2 heterocycles. The minimum Gasteiger partial charge on any atom is -0.497 e. The number of ether oxygens (including phenoxy) is 2. The molecule has 0 aliphatic carbocycles. The summed E-state index contributed by atoms with van der Waals surface area (Å²) in [6.07, 6.45) is 2.58. The van der Waals surface area contributed by atoms with Crippen molar-refractivity contribution in [1.82, 2.24) is 15.1 Å². The first-order chi connectivity index (χ1) is 17.1. The number of morpholine rings is 1. The summed E-state index contributed by atoms with van der Waals surface area (Å²) in [7, 11) is 1.65. The first-order valence-corrected chi connectivity index (χ1v) is 12.3. The highest BCUT2D eigenvalue weighted by Crippen LogP contribution is 2.24. The Hall–Kier alpha value is -3.23. The third-order valence-corrected chi connectivity index (χ3v) is 6.64. The van der Waals surface area contributed by atoms with Gasteiger partial charge in [0.05, 0.1) is 37.5 Å². The number of benzene rings is 2. The maximum atomic E-state index is 12.5. The monoisotopic (exact) mass is 479 g/mol. The van der Waals surface area contributed by atoms with Gasteiger partial charge >= 0.3 is 0 Å². The fraction of sp³-hybridized carbons (Fsp3) is 0.444. The van der Waals surface area contributed by atoms with Gasteiger partial charge in [-0.3, -0.25) is 24.2 Å². The van der Waals surface area contributed by atoms with Gasteiger partial charge in [0.25, 0.3) is 11.8 Å². The molecule has 8 nitrogen and oxygen atoms in total. The van der Waals surface area contributed by atoms with E-state index in [0.29, 0.717) is 56.7 Å². The molecule has 2 aliphatic rings. The van der Waals surface area contributed by atoms with E-state index in [-0.39, 0.29) is 23.8 Å². The predicted molar refractivity (Wildman–Crippen MR) is 131 cm³/mol. The highest BCUT2D eigenvalue weighted by Gasteiger charge is 2.34. The smallest absolute Gasteiger partial charge is 0.261 e. The fourth-order valence-electron chi connectivity index (χ4n) is 4.65. The number of carbonyl (C=O) groups is 3. The summed E-state index contributed by atoms with van der Waals surface area (Å²) in [4.78, 5) is 41.1. The number of nitrogens with zero attached hydrogens (tertiary/aromatic N) is 2. The highest BCUT2D eigenvalue weighted by atomic mass is 16.5. The number of unbranched alkanes of at least 4 members (excludes halogenated alkanes) is 2. The number of nitrogens with one attached hydrogen (secondary N) is 1. The van der Waals surface area contributed by atoms with E-state index in [1.807, 2.05) is 24.3 Å². The summed E-state index contributed by atoms with van der Waals surface area (Å²) >= 11 is 0. The van der Waals surface area contributed by atoms with Gasteiger partial charge in [-0.1, -0.05) is 30.7 Å². The van der Waals surface area contributed by atoms with Crippen LogP contribution < -0.4 is 10.1 Å². The molecular formula is C27H33N3O5. The molecular weight excluding hydrogens is 446 g/mol. The van der Waals surface area contributed by atoms with Gasteiger partial charge in [-0.2, -0.15) is 0 Å². The zero-order valence-electron chi connectivity index (χ0n) is 20.2. The zero-order chi connectivity index (χ0) is 24.6. The molecule has 1 saturated heterocycles. The second kappa shape index (κ2) is 12.0. The minimum absolute atomic E-state index is 0.0116. The van der Waals surface area contributed by atoms with E-state index < -0.39 is 0 Å². The average Bonchev–Trinajstić information content (AvgIpc) is 3.14. The molecule has 0 spiro atoms. The molecule has 35 heavy (non-hydrogen) atoms. The number of fused-ring (bicyclic) bond motifs is 1. The van der Waals surface area contributed by atoms with Crippen LogP contribution in [0, 0.1) is 0 Å². The second-order valence-corrected chi connectivity index (χ2v) is 8.86. The van der Waals surface area contributed by atoms with Crippen LogP contribution in [-0.4, -0.2) is 74.0 Å². The average molecular weight is 480 g/mol. The third-order valence-electron chi connectivity index (χ3n) is 6.64. The Labute approximate surface area is 206 Å². The molecule has 8 heteroatoms. The summed E-state index contributed by atoms with van der Waals surface area (Å²) in [5, 5.41) is 3.09. The van der Waals surface area contributed by atoms with Crippen molar-refractivity contribution in [1.29, 1.82) is 0 Å². The van der Waals surface area contributed by atoms with E-state index in [4.69, 9.17) is 9.47 Å². The third kappa shape index (κ3) is 6.07. The van der Waals surface area contributed by atoms with E-state index in [1.165, 1.54) is 4.90 Å². The molecule has 0 aromatic heterocycles. The van der Waals surface area contributed by atoms with E-state index in [2.05, 4.69) is 10.2 Å². The molecule has 1 fully saturated rings. The van der Waals surface area contributed by atoms with Gasteiger partial charge in [-0.15, -0.1) is 0 Å². The SMILES string of the molecule is COc1ccc([C@@H](CNC(=O)CCCCCN2C(=O)c3ccccc3C2=O)N2CCOCC2)cc1. The van der Waals surface area contributed by atoms with Crippen molar-refractivity contribution in [2.75, 3.05) is 46.5 Å². The minimum atomic E-state index is -0.226. The normalized spacial score (nSPS) is 16.8. The number of hydrogen-bond donors (Lipinski definition) is 1. The summed E-state index contributed by atoms with van der Waals surface area (Å²) in [6, 6.07) is 15.0. The molecule has 1 atom stereocenters. The lowest BCUT2D eigenvalue weighted by Gasteiger charge is -2.35. The standard InChI is InChI=1S/C27H33N3O5/c1-34-21-12-10-20(11-13-21)24(29-15-17-35-18-16-29)19-28-25(31)9-3-2-6-14-30-26(32)22-7-4-5-8-23(22)27(30)33/h4-5,7-8,10-13,24H,2-3,6,9,14-19H2,1H3,(H,28,31)/t24-/m1/s1. The molecule has 2 aliphatic heterocycles. The van der Waals surface area contributed by atoms with Crippen LogP contribution in [-0.2, 0) is 9.53 Å². The molecule has 0 unspecified atom stereocenters. The Morgan fingerprint density at radius 3 is 2.26 bits per heavy atom. The molecule has 0 bridgehead atoms. The van der Waals surface area contributed by atoms with Crippen LogP contribution in [0.2, 0.25) is 0 Å². The van der Waals surface area contributed by atoms with Crippen molar-refractivity contribution in [3.63, 3.8) is 0 Å². The number of rotatable bonds is 11. The molecule has 4 rings (SSSR count). The van der Waals surface area contributed by atoms with Gasteiger partial charge < -0.3 is 14.8 Å². The van der Waals surface area contributed by atoms with Crippen LogP contribution in [0.3, 0.4) is 0 Å². The number of imide groups is 1. The van der Waals surface area contributed by atoms with Crippen LogP contribution in [0.1, 0.15) is 58.0 Å². The van der Waals surface area contributed by atoms with Crippen LogP contribution in [0.5, 0.6) is 5.75 Å². The quantitative estimate of drug-likeness (QED) is 0.394. The molecule has 0 radical (unpaired) electrons. The van der Waals surface area contributed by atoms with Crippen LogP contribution in [0.4, 0.5) is 0 Å². The van der Waals surface area contributed by atoms with Gasteiger partial charge in [0.1, 0.15) is 5.75 Å². The van der Waals surface area contributed by atoms with Gasteiger partial charge in [0.15, 0.2) is 0 Å². The maximum absolute atomic E-state index is 12.5. The first-order valence-electron chi connectivity index (χ1n) is 12.3. The van der Waals surface area contributed by atoms with Crippen LogP contribution in [0.15, 0.2) is 48.5 Å². The Kier molecular flexibility index (Phi) is 8.50. The van der Waals surface area contributed by atoms with Crippen LogP contribution >= 0.6 is 0 Å². The van der Waals surface area contributed by atoms with E-state index in [9.17, 15) is 14.4 Å². The molecule has 186 valence electrons. The summed E-state index contributed by atoms with van der Waals surface area (Å²) < 4.78 is 10.8. The molecule has 2 aromatic carbocycles. The van der Waals surface area contributed by atoms with Gasteiger partial charge in [-0.25, -0.2) is 0 Å². The van der Waals surface area contributed by atoms with Crippen molar-refractivity contribution in [2.24, 2.45) is 0 Å². The maximum Gasteiger partial charge on any atom is 0.261 e. The topological polar surface area (TPSA) is 88.2 Å². The number of amides is 3.